The van der Waals surface area contributed by atoms with Crippen molar-refractivity contribution in [2.45, 2.75) is 18.5 Å². The maximum Gasteiger partial charge on any atom is 0.342 e. The minimum Gasteiger partial charge on any atom is -0.467 e. The van der Waals surface area contributed by atoms with Crippen LogP contribution in [0.2, 0.25) is 0 Å². The van der Waals surface area contributed by atoms with Crippen LogP contribution in [-0.2, 0) is 19.1 Å². The van der Waals surface area contributed by atoms with Gasteiger partial charge in [-0.05, 0) is 19.1 Å². The summed E-state index contributed by atoms with van der Waals surface area (Å²) >= 11 is 0. The van der Waals surface area contributed by atoms with Gasteiger partial charge in [0.05, 0.1) is 13.7 Å². The van der Waals surface area contributed by atoms with Crippen LogP contribution in [0.3, 0.4) is 0 Å². The van der Waals surface area contributed by atoms with Gasteiger partial charge in [0.25, 0.3) is 0 Å². The number of anilines is 1. The lowest BCUT2D eigenvalue weighted by Gasteiger charge is -2.15. The zero-order valence-electron chi connectivity index (χ0n) is 14.5. The molecule has 1 heterocycles. The molecule has 0 bridgehead atoms. The lowest BCUT2D eigenvalue weighted by atomic mass is 9.93. The van der Waals surface area contributed by atoms with Gasteiger partial charge in [-0.15, -0.1) is 0 Å². The average molecular weight is 353 g/mol. The third-order valence-electron chi connectivity index (χ3n) is 4.39. The number of rotatable bonds is 6. The smallest absolute Gasteiger partial charge is 0.342 e. The first-order valence-electron chi connectivity index (χ1n) is 8.28. The highest BCUT2D eigenvalue weighted by molar-refractivity contribution is 6.28. The monoisotopic (exact) mass is 353 g/mol. The van der Waals surface area contributed by atoms with E-state index in [1.165, 1.54) is 12.0 Å². The van der Waals surface area contributed by atoms with E-state index in [0.717, 1.165) is 0 Å². The first-order valence-corrected chi connectivity index (χ1v) is 8.28. The quantitative estimate of drug-likeness (QED) is 0.343. The number of ether oxygens (including phenoxy) is 2. The molecule has 1 fully saturated rings. The number of hydrogen-bond donors (Lipinski definition) is 0. The molecule has 134 valence electrons. The molecule has 2 aromatic rings. The second-order valence-electron chi connectivity index (χ2n) is 5.81. The van der Waals surface area contributed by atoms with E-state index in [2.05, 4.69) is 0 Å². The van der Waals surface area contributed by atoms with Crippen molar-refractivity contribution in [1.82, 2.24) is 0 Å². The molecule has 0 aromatic heterocycles. The number of carbonyl (C=O) groups is 3. The number of nitrogens with zero attached hydrogens (tertiary/aromatic N) is 1. The van der Waals surface area contributed by atoms with Gasteiger partial charge in [-0.25, -0.2) is 9.59 Å². The molecule has 3 rings (SSSR count). The predicted molar refractivity (Wildman–Crippen MR) is 94.9 cm³/mol. The summed E-state index contributed by atoms with van der Waals surface area (Å²) in [6.07, 6.45) is 0. The predicted octanol–water partition coefficient (Wildman–Crippen LogP) is 2.23. The summed E-state index contributed by atoms with van der Waals surface area (Å²) in [5.41, 5.74) is -0.866. The van der Waals surface area contributed by atoms with Gasteiger partial charge in [-0.2, -0.15) is 0 Å². The van der Waals surface area contributed by atoms with Crippen molar-refractivity contribution < 1.29 is 23.9 Å². The van der Waals surface area contributed by atoms with E-state index in [9.17, 15) is 14.4 Å². The standard InChI is InChI=1S/C20H19NO5/c1-3-26-18(23)16-20(19(24)25-2,17(22)14-10-6-4-7-11-14)21(16)15-12-8-5-9-13-15/h4-13,16H,3H2,1-2H3. The Balaban J connectivity index is 2.13. The van der Waals surface area contributed by atoms with Crippen LogP contribution in [0.4, 0.5) is 5.69 Å². The number of hydrogen-bond acceptors (Lipinski definition) is 6. The molecule has 0 spiro atoms. The molecule has 0 N–H and O–H groups in total. The number of esters is 2. The van der Waals surface area contributed by atoms with Crippen molar-refractivity contribution >= 4 is 23.4 Å². The molecule has 2 aromatic carbocycles. The number of methoxy groups -OCH3 is 1. The molecule has 6 nitrogen and oxygen atoms in total. The first kappa shape index (κ1) is 17.7. The van der Waals surface area contributed by atoms with E-state index >= 15 is 0 Å². The van der Waals surface area contributed by atoms with Crippen LogP contribution in [0.5, 0.6) is 0 Å². The highest BCUT2D eigenvalue weighted by Gasteiger charge is 2.78. The lowest BCUT2D eigenvalue weighted by Crippen LogP contribution is -2.42. The fourth-order valence-electron chi connectivity index (χ4n) is 3.23. The van der Waals surface area contributed by atoms with Crippen LogP contribution in [0.1, 0.15) is 17.3 Å². The molecule has 6 heteroatoms. The van der Waals surface area contributed by atoms with E-state index in [4.69, 9.17) is 9.47 Å². The number of carbonyl (C=O) groups excluding carboxylic acids is 3. The number of para-hydroxylation sites is 1. The molecule has 1 aliphatic heterocycles. The highest BCUT2D eigenvalue weighted by atomic mass is 16.5. The summed E-state index contributed by atoms with van der Waals surface area (Å²) in [5.74, 6) is -1.91. The zero-order chi connectivity index (χ0) is 18.7. The molecule has 0 radical (unpaired) electrons. The summed E-state index contributed by atoms with van der Waals surface area (Å²) in [6.45, 7) is 1.82. The molecule has 2 unspecified atom stereocenters. The topological polar surface area (TPSA) is 72.7 Å². The van der Waals surface area contributed by atoms with Crippen molar-refractivity contribution in [2.24, 2.45) is 0 Å². The molecule has 0 saturated carbocycles. The van der Waals surface area contributed by atoms with Crippen LogP contribution < -0.4 is 4.90 Å². The maximum absolute atomic E-state index is 13.3. The second kappa shape index (κ2) is 7.00. The third-order valence-corrected chi connectivity index (χ3v) is 4.39. The van der Waals surface area contributed by atoms with Gasteiger partial charge in [0.15, 0.2) is 6.04 Å². The van der Waals surface area contributed by atoms with Gasteiger partial charge in [-0.3, -0.25) is 4.79 Å². The maximum atomic E-state index is 13.3. The summed E-state index contributed by atoms with van der Waals surface area (Å²) < 4.78 is 10.0. The number of ketones is 1. The Morgan fingerprint density at radius 1 is 1.00 bits per heavy atom. The highest BCUT2D eigenvalue weighted by Crippen LogP contribution is 2.49. The van der Waals surface area contributed by atoms with Crippen LogP contribution >= 0.6 is 0 Å². The molecule has 26 heavy (non-hydrogen) atoms. The Morgan fingerprint density at radius 2 is 1.58 bits per heavy atom. The Labute approximate surface area is 151 Å². The minimum atomic E-state index is -1.76. The van der Waals surface area contributed by atoms with Gasteiger partial charge in [0.1, 0.15) is 0 Å². The van der Waals surface area contributed by atoms with Crippen molar-refractivity contribution in [3.8, 4) is 0 Å². The van der Waals surface area contributed by atoms with Crippen LogP contribution in [-0.4, -0.2) is 43.0 Å². The Bertz CT molecular complexity index is 821. The van der Waals surface area contributed by atoms with Gasteiger partial charge in [0, 0.05) is 11.3 Å². The summed E-state index contributed by atoms with van der Waals surface area (Å²) in [7, 11) is 1.20. The summed E-state index contributed by atoms with van der Waals surface area (Å²) in [6, 6.07) is 16.1. The van der Waals surface area contributed by atoms with E-state index in [-0.39, 0.29) is 6.61 Å². The van der Waals surface area contributed by atoms with Gasteiger partial charge in [-0.1, -0.05) is 48.5 Å². The Morgan fingerprint density at radius 3 is 2.12 bits per heavy atom. The minimum absolute atomic E-state index is 0.148. The van der Waals surface area contributed by atoms with E-state index in [1.807, 2.05) is 6.07 Å². The van der Waals surface area contributed by atoms with Crippen molar-refractivity contribution in [2.75, 3.05) is 18.6 Å². The number of benzene rings is 2. The molecule has 2 atom stereocenters. The first-order chi connectivity index (χ1) is 12.6. The van der Waals surface area contributed by atoms with Crippen LogP contribution in [0, 0.1) is 0 Å². The fraction of sp³-hybridized carbons (Fsp3) is 0.250. The van der Waals surface area contributed by atoms with E-state index < -0.39 is 29.3 Å². The van der Waals surface area contributed by atoms with Gasteiger partial charge >= 0.3 is 11.9 Å². The molecular formula is C20H19NO5. The van der Waals surface area contributed by atoms with E-state index in [1.54, 1.807) is 61.5 Å². The largest absolute Gasteiger partial charge is 0.467 e. The Hall–Kier alpha value is -3.15. The molecular weight excluding hydrogens is 334 g/mol. The fourth-order valence-corrected chi connectivity index (χ4v) is 3.23. The van der Waals surface area contributed by atoms with Gasteiger partial charge < -0.3 is 14.4 Å². The average Bonchev–Trinajstić information content (AvgIpc) is 3.39. The third kappa shape index (κ3) is 2.63. The van der Waals surface area contributed by atoms with E-state index in [0.29, 0.717) is 11.3 Å². The molecule has 1 aliphatic rings. The second-order valence-corrected chi connectivity index (χ2v) is 5.81. The van der Waals surface area contributed by atoms with Crippen molar-refractivity contribution in [3.63, 3.8) is 0 Å². The zero-order valence-corrected chi connectivity index (χ0v) is 14.5. The summed E-state index contributed by atoms with van der Waals surface area (Å²) in [4.78, 5) is 40.0. The van der Waals surface area contributed by atoms with Crippen LogP contribution in [0.15, 0.2) is 60.7 Å². The summed E-state index contributed by atoms with van der Waals surface area (Å²) in [5, 5.41) is 0. The normalized spacial score (nSPS) is 21.0. The Kier molecular flexibility index (Phi) is 4.75. The van der Waals surface area contributed by atoms with Crippen molar-refractivity contribution in [1.29, 1.82) is 0 Å². The lowest BCUT2D eigenvalue weighted by molar-refractivity contribution is -0.147. The SMILES string of the molecule is CCOC(=O)C1N(c2ccccc2)C1(C(=O)OC)C(=O)c1ccccc1. The molecule has 0 amide bonds. The number of Topliss-reactive ketones (excluding diaryl/α,β-unsaturated/α-hetero) is 1. The molecule has 1 saturated heterocycles. The van der Waals surface area contributed by atoms with Crippen LogP contribution in [0.25, 0.3) is 0 Å². The van der Waals surface area contributed by atoms with Crippen molar-refractivity contribution in [3.05, 3.63) is 66.2 Å². The molecule has 0 aliphatic carbocycles. The van der Waals surface area contributed by atoms with Gasteiger partial charge in [0.2, 0.25) is 11.3 Å².